The van der Waals surface area contributed by atoms with Gasteiger partial charge in [-0.3, -0.25) is 9.69 Å². The molecule has 5 rings (SSSR count). The smallest absolute Gasteiger partial charge is 0.254 e. The molecule has 2 aromatic carbocycles. The summed E-state index contributed by atoms with van der Waals surface area (Å²) in [6, 6.07) is 15.1. The van der Waals surface area contributed by atoms with Crippen molar-refractivity contribution in [3.8, 4) is 0 Å². The third kappa shape index (κ3) is 6.33. The molecule has 210 valence electrons. The van der Waals surface area contributed by atoms with Crippen LogP contribution >= 0.6 is 23.2 Å². The van der Waals surface area contributed by atoms with Crippen LogP contribution in [0.4, 0.5) is 0 Å². The van der Waals surface area contributed by atoms with Gasteiger partial charge in [0.2, 0.25) is 0 Å². The zero-order chi connectivity index (χ0) is 27.3. The molecule has 1 amide bonds. The standard InChI is InChI=1S/C30H38Cl2N4O3/c31-26-10-9-25(21-27(26)32)30(23-35(19-20-39-30)28(37)24-7-3-1-4-8-24)13-18-34-16-11-29(12-17-34,22-33-38)36-14-5-2-6-15-36/h1,3-4,7-10,21H,2,5-6,11-20,22-23H2. The van der Waals surface area contributed by atoms with Crippen LogP contribution in [0, 0.1) is 4.91 Å². The predicted molar refractivity (Wildman–Crippen MR) is 156 cm³/mol. The second-order valence-corrected chi connectivity index (χ2v) is 12.0. The van der Waals surface area contributed by atoms with Gasteiger partial charge in [0.25, 0.3) is 5.91 Å². The van der Waals surface area contributed by atoms with Crippen molar-refractivity contribution in [2.45, 2.75) is 49.7 Å². The van der Waals surface area contributed by atoms with Gasteiger partial charge in [-0.2, -0.15) is 4.91 Å². The summed E-state index contributed by atoms with van der Waals surface area (Å²) in [6.45, 7) is 6.57. The Morgan fingerprint density at radius 2 is 1.67 bits per heavy atom. The SMILES string of the molecule is O=NCC1(N2CCCCC2)CCN(CCC2(c3ccc(Cl)c(Cl)c3)CN(C(=O)c3ccccc3)CCO2)CC1. The van der Waals surface area contributed by atoms with Crippen molar-refractivity contribution in [2.75, 3.05) is 59.0 Å². The van der Waals surface area contributed by atoms with Crippen molar-refractivity contribution in [2.24, 2.45) is 5.18 Å². The molecule has 3 heterocycles. The summed E-state index contributed by atoms with van der Waals surface area (Å²) < 4.78 is 6.54. The lowest BCUT2D eigenvalue weighted by molar-refractivity contribution is -0.114. The number of carbonyl (C=O) groups excluding carboxylic acids is 1. The zero-order valence-corrected chi connectivity index (χ0v) is 24.0. The maximum atomic E-state index is 13.4. The van der Waals surface area contributed by atoms with Crippen LogP contribution in [0.1, 0.15) is 54.4 Å². The number of piperidine rings is 2. The van der Waals surface area contributed by atoms with E-state index in [9.17, 15) is 9.70 Å². The number of halogens is 2. The first-order valence-electron chi connectivity index (χ1n) is 14.2. The van der Waals surface area contributed by atoms with Gasteiger partial charge >= 0.3 is 0 Å². The van der Waals surface area contributed by atoms with Crippen LogP contribution in [0.3, 0.4) is 0 Å². The van der Waals surface area contributed by atoms with Crippen molar-refractivity contribution >= 4 is 29.1 Å². The Bertz CT molecular complexity index is 1140. The van der Waals surface area contributed by atoms with Gasteiger partial charge < -0.3 is 14.5 Å². The number of hydrogen-bond acceptors (Lipinski definition) is 6. The van der Waals surface area contributed by atoms with Crippen molar-refractivity contribution in [1.29, 1.82) is 0 Å². The van der Waals surface area contributed by atoms with E-state index in [4.69, 9.17) is 27.9 Å². The highest BCUT2D eigenvalue weighted by molar-refractivity contribution is 6.42. The molecule has 0 bridgehead atoms. The maximum absolute atomic E-state index is 13.4. The van der Waals surface area contributed by atoms with Gasteiger partial charge in [-0.15, -0.1) is 0 Å². The van der Waals surface area contributed by atoms with E-state index in [-0.39, 0.29) is 11.4 Å². The molecule has 2 aromatic rings. The molecule has 39 heavy (non-hydrogen) atoms. The number of carbonyl (C=O) groups is 1. The van der Waals surface area contributed by atoms with E-state index in [2.05, 4.69) is 15.0 Å². The number of morpholine rings is 1. The van der Waals surface area contributed by atoms with Crippen LogP contribution in [0.2, 0.25) is 10.0 Å². The van der Waals surface area contributed by atoms with Crippen molar-refractivity contribution in [3.05, 3.63) is 74.6 Å². The lowest BCUT2D eigenvalue weighted by Crippen LogP contribution is -2.59. The molecule has 0 radical (unpaired) electrons. The molecule has 3 saturated heterocycles. The summed E-state index contributed by atoms with van der Waals surface area (Å²) in [5.41, 5.74) is 0.812. The lowest BCUT2D eigenvalue weighted by Gasteiger charge is -2.50. The molecule has 0 N–H and O–H groups in total. The molecule has 7 nitrogen and oxygen atoms in total. The Morgan fingerprint density at radius 3 is 2.36 bits per heavy atom. The number of amides is 1. The number of ether oxygens (including phenoxy) is 1. The zero-order valence-electron chi connectivity index (χ0n) is 22.5. The summed E-state index contributed by atoms with van der Waals surface area (Å²) >= 11 is 12.7. The van der Waals surface area contributed by atoms with Gasteiger partial charge in [0.15, 0.2) is 0 Å². The average molecular weight is 574 g/mol. The Labute approximate surface area is 241 Å². The van der Waals surface area contributed by atoms with Gasteiger partial charge in [-0.1, -0.05) is 59.1 Å². The highest BCUT2D eigenvalue weighted by atomic mass is 35.5. The van der Waals surface area contributed by atoms with E-state index < -0.39 is 5.60 Å². The summed E-state index contributed by atoms with van der Waals surface area (Å²) in [5, 5.41) is 4.35. The number of hydrogen-bond donors (Lipinski definition) is 0. The summed E-state index contributed by atoms with van der Waals surface area (Å²) in [7, 11) is 0. The van der Waals surface area contributed by atoms with Crippen LogP contribution < -0.4 is 0 Å². The molecule has 1 unspecified atom stereocenters. The molecule has 1 atom stereocenters. The Morgan fingerprint density at radius 1 is 0.923 bits per heavy atom. The van der Waals surface area contributed by atoms with Crippen LogP contribution in [-0.2, 0) is 10.3 Å². The normalized spacial score (nSPS) is 24.4. The monoisotopic (exact) mass is 572 g/mol. The van der Waals surface area contributed by atoms with E-state index in [1.165, 1.54) is 19.3 Å². The fourth-order valence-electron chi connectivity index (χ4n) is 6.56. The minimum atomic E-state index is -0.692. The third-order valence-electron chi connectivity index (χ3n) is 8.94. The molecule has 0 saturated carbocycles. The van der Waals surface area contributed by atoms with Crippen molar-refractivity contribution in [3.63, 3.8) is 0 Å². The van der Waals surface area contributed by atoms with E-state index in [0.717, 1.165) is 51.1 Å². The number of benzene rings is 2. The minimum absolute atomic E-state index is 0.00832. The molecule has 3 aliphatic rings. The fourth-order valence-corrected chi connectivity index (χ4v) is 6.86. The third-order valence-corrected chi connectivity index (χ3v) is 9.68. The molecule has 0 spiro atoms. The van der Waals surface area contributed by atoms with Gasteiger partial charge in [-0.25, -0.2) is 0 Å². The molecule has 3 fully saturated rings. The lowest BCUT2D eigenvalue weighted by atomic mass is 9.83. The fraction of sp³-hybridized carbons (Fsp3) is 0.567. The first-order chi connectivity index (χ1) is 18.9. The highest BCUT2D eigenvalue weighted by Crippen LogP contribution is 2.38. The first kappa shape index (κ1) is 28.5. The van der Waals surface area contributed by atoms with Crippen molar-refractivity contribution in [1.82, 2.24) is 14.7 Å². The second-order valence-electron chi connectivity index (χ2n) is 11.2. The van der Waals surface area contributed by atoms with Crippen LogP contribution in [0.5, 0.6) is 0 Å². The van der Waals surface area contributed by atoms with E-state index >= 15 is 0 Å². The van der Waals surface area contributed by atoms with Crippen LogP contribution in [0.25, 0.3) is 0 Å². The summed E-state index contributed by atoms with van der Waals surface area (Å²) in [5.74, 6) is 0.00832. The Hall–Kier alpha value is -2.03. The molecule has 0 aliphatic carbocycles. The summed E-state index contributed by atoms with van der Waals surface area (Å²) in [4.78, 5) is 31.7. The Balaban J connectivity index is 1.32. The van der Waals surface area contributed by atoms with E-state index in [1.807, 2.05) is 53.4 Å². The molecule has 3 aliphatic heterocycles. The molecular weight excluding hydrogens is 535 g/mol. The van der Waals surface area contributed by atoms with Gasteiger partial charge in [0, 0.05) is 24.2 Å². The molecule has 9 heteroatoms. The van der Waals surface area contributed by atoms with Gasteiger partial charge in [0.05, 0.1) is 29.7 Å². The largest absolute Gasteiger partial charge is 0.367 e. The first-order valence-corrected chi connectivity index (χ1v) is 14.9. The predicted octanol–water partition coefficient (Wildman–Crippen LogP) is 5.84. The second kappa shape index (κ2) is 12.6. The van der Waals surface area contributed by atoms with E-state index in [0.29, 0.717) is 48.3 Å². The van der Waals surface area contributed by atoms with E-state index in [1.54, 1.807) is 0 Å². The highest BCUT2D eigenvalue weighted by Gasteiger charge is 2.43. The number of nitroso groups, excluding NO2 is 1. The topological polar surface area (TPSA) is 65.5 Å². The molecule has 0 aromatic heterocycles. The minimum Gasteiger partial charge on any atom is -0.367 e. The van der Waals surface area contributed by atoms with Crippen molar-refractivity contribution < 1.29 is 9.53 Å². The summed E-state index contributed by atoms with van der Waals surface area (Å²) in [6.07, 6.45) is 6.27. The number of rotatable bonds is 8. The average Bonchev–Trinajstić information content (AvgIpc) is 2.99. The van der Waals surface area contributed by atoms with Crippen LogP contribution in [-0.4, -0.2) is 85.1 Å². The maximum Gasteiger partial charge on any atom is 0.254 e. The molecular formula is C30H38Cl2N4O3. The number of nitrogens with zero attached hydrogens (tertiary/aromatic N) is 4. The Kier molecular flexibility index (Phi) is 9.24. The quantitative estimate of drug-likeness (QED) is 0.372. The number of likely N-dealkylation sites (tertiary alicyclic amines) is 2. The van der Waals surface area contributed by atoms with Gasteiger partial charge in [0.1, 0.15) is 5.60 Å². The van der Waals surface area contributed by atoms with Crippen LogP contribution in [0.15, 0.2) is 53.7 Å². The van der Waals surface area contributed by atoms with Gasteiger partial charge in [-0.05, 0) is 88.1 Å².